The van der Waals surface area contributed by atoms with Crippen molar-refractivity contribution in [1.29, 1.82) is 0 Å². The molecule has 0 aliphatic carbocycles. The summed E-state index contributed by atoms with van der Waals surface area (Å²) in [5.41, 5.74) is 2.32. The van der Waals surface area contributed by atoms with Gasteiger partial charge in [-0.2, -0.15) is 0 Å². The fourth-order valence-electron chi connectivity index (χ4n) is 3.62. The zero-order chi connectivity index (χ0) is 22.8. The molecule has 0 radical (unpaired) electrons. The number of amides is 2. The molecule has 1 aromatic heterocycles. The molecule has 1 saturated heterocycles. The van der Waals surface area contributed by atoms with Crippen LogP contribution in [0, 0.1) is 18.7 Å². The number of rotatable bonds is 6. The molecule has 2 aromatic carbocycles. The van der Waals surface area contributed by atoms with E-state index in [1.165, 1.54) is 22.3 Å². The number of carbonyl (C=O) groups excluding carboxylic acids is 2. The van der Waals surface area contributed by atoms with E-state index in [0.29, 0.717) is 22.3 Å². The standard InChI is InChI=1S/C23H22FN3O4S/c1-13-4-6-19(17(24)8-13)27-11-14(9-21(27)28)22(29)26-23-25-18(12-32-23)16-10-15(30-2)5-7-20(16)31-3/h4-8,10,12,14H,9,11H2,1-3H3,(H,25,26,29). The Morgan fingerprint density at radius 3 is 2.75 bits per heavy atom. The maximum Gasteiger partial charge on any atom is 0.231 e. The number of ether oxygens (including phenoxy) is 2. The number of benzene rings is 2. The molecule has 1 fully saturated rings. The molecule has 3 aromatic rings. The van der Waals surface area contributed by atoms with Crippen molar-refractivity contribution in [2.24, 2.45) is 5.92 Å². The van der Waals surface area contributed by atoms with Gasteiger partial charge in [0.15, 0.2) is 5.13 Å². The van der Waals surface area contributed by atoms with Crippen LogP contribution in [0.15, 0.2) is 41.8 Å². The molecule has 1 N–H and O–H groups in total. The molecule has 0 bridgehead atoms. The number of carbonyl (C=O) groups is 2. The normalized spacial score (nSPS) is 15.7. The molecule has 4 rings (SSSR count). The third kappa shape index (κ3) is 4.29. The first-order chi connectivity index (χ1) is 15.4. The van der Waals surface area contributed by atoms with Crippen LogP contribution >= 0.6 is 11.3 Å². The molecule has 0 saturated carbocycles. The van der Waals surface area contributed by atoms with Crippen LogP contribution in [0.4, 0.5) is 15.2 Å². The zero-order valence-corrected chi connectivity index (χ0v) is 18.7. The number of hydrogen-bond donors (Lipinski definition) is 1. The summed E-state index contributed by atoms with van der Waals surface area (Å²) in [6, 6.07) is 10.1. The van der Waals surface area contributed by atoms with E-state index in [4.69, 9.17) is 9.47 Å². The van der Waals surface area contributed by atoms with Crippen LogP contribution in [0.1, 0.15) is 12.0 Å². The molecule has 1 atom stereocenters. The van der Waals surface area contributed by atoms with Gasteiger partial charge in [-0.15, -0.1) is 11.3 Å². The highest BCUT2D eigenvalue weighted by atomic mass is 32.1. The average molecular weight is 456 g/mol. The van der Waals surface area contributed by atoms with Gasteiger partial charge in [0.2, 0.25) is 11.8 Å². The predicted molar refractivity (Wildman–Crippen MR) is 121 cm³/mol. The number of aryl methyl sites for hydroxylation is 1. The predicted octanol–water partition coefficient (Wildman–Crippen LogP) is 4.27. The fraction of sp³-hybridized carbons (Fsp3) is 0.261. The van der Waals surface area contributed by atoms with Gasteiger partial charge < -0.3 is 19.7 Å². The van der Waals surface area contributed by atoms with Crippen molar-refractivity contribution in [3.63, 3.8) is 0 Å². The smallest absolute Gasteiger partial charge is 0.231 e. The van der Waals surface area contributed by atoms with Crippen LogP contribution in [-0.2, 0) is 9.59 Å². The van der Waals surface area contributed by atoms with E-state index in [1.54, 1.807) is 50.8 Å². The van der Waals surface area contributed by atoms with Gasteiger partial charge >= 0.3 is 0 Å². The third-order valence-electron chi connectivity index (χ3n) is 5.31. The van der Waals surface area contributed by atoms with Crippen LogP contribution in [0.5, 0.6) is 11.5 Å². The van der Waals surface area contributed by atoms with Gasteiger partial charge in [0.1, 0.15) is 17.3 Å². The van der Waals surface area contributed by atoms with Gasteiger partial charge in [-0.3, -0.25) is 9.59 Å². The first kappa shape index (κ1) is 21.8. The van der Waals surface area contributed by atoms with Crippen LogP contribution in [-0.4, -0.2) is 37.6 Å². The summed E-state index contributed by atoms with van der Waals surface area (Å²) < 4.78 is 25.0. The molecule has 2 heterocycles. The summed E-state index contributed by atoms with van der Waals surface area (Å²) in [5, 5.41) is 4.99. The highest BCUT2D eigenvalue weighted by Gasteiger charge is 2.36. The number of thiazole rings is 1. The molecular weight excluding hydrogens is 433 g/mol. The van der Waals surface area contributed by atoms with Crippen molar-refractivity contribution in [1.82, 2.24) is 4.98 Å². The minimum Gasteiger partial charge on any atom is -0.497 e. The molecule has 1 aliphatic heterocycles. The van der Waals surface area contributed by atoms with Crippen molar-refractivity contribution in [2.45, 2.75) is 13.3 Å². The number of anilines is 2. The molecule has 1 aliphatic rings. The maximum absolute atomic E-state index is 14.3. The highest BCUT2D eigenvalue weighted by Crippen LogP contribution is 2.35. The Bertz CT molecular complexity index is 1180. The quantitative estimate of drug-likeness (QED) is 0.601. The van der Waals surface area contributed by atoms with Crippen LogP contribution in [0.25, 0.3) is 11.3 Å². The number of halogens is 1. The SMILES string of the molecule is COc1ccc(OC)c(-c2csc(NC(=O)C3CC(=O)N(c4ccc(C)cc4F)C3)n2)c1. The molecule has 1 unspecified atom stereocenters. The van der Waals surface area contributed by atoms with E-state index < -0.39 is 11.7 Å². The van der Waals surface area contributed by atoms with Gasteiger partial charge in [-0.25, -0.2) is 9.37 Å². The average Bonchev–Trinajstić information content (AvgIpc) is 3.40. The van der Waals surface area contributed by atoms with Crippen molar-refractivity contribution in [2.75, 3.05) is 31.0 Å². The summed E-state index contributed by atoms with van der Waals surface area (Å²) in [7, 11) is 3.15. The van der Waals surface area contributed by atoms with Gasteiger partial charge in [-0.05, 0) is 42.8 Å². The lowest BCUT2D eigenvalue weighted by Gasteiger charge is -2.17. The minimum atomic E-state index is -0.595. The van der Waals surface area contributed by atoms with E-state index in [-0.39, 0.29) is 30.5 Å². The van der Waals surface area contributed by atoms with Gasteiger partial charge in [0, 0.05) is 23.9 Å². The monoisotopic (exact) mass is 455 g/mol. The van der Waals surface area contributed by atoms with Gasteiger partial charge in [0.05, 0.1) is 31.5 Å². The highest BCUT2D eigenvalue weighted by molar-refractivity contribution is 7.14. The number of methoxy groups -OCH3 is 2. The minimum absolute atomic E-state index is 0.0150. The van der Waals surface area contributed by atoms with Crippen LogP contribution in [0.3, 0.4) is 0 Å². The number of nitrogens with one attached hydrogen (secondary N) is 1. The lowest BCUT2D eigenvalue weighted by molar-refractivity contribution is -0.122. The van der Waals surface area contributed by atoms with Crippen molar-refractivity contribution in [3.05, 3.63) is 53.2 Å². The fourth-order valence-corrected chi connectivity index (χ4v) is 4.34. The first-order valence-electron chi connectivity index (χ1n) is 9.95. The maximum atomic E-state index is 14.3. The van der Waals surface area contributed by atoms with E-state index >= 15 is 0 Å². The van der Waals surface area contributed by atoms with Crippen molar-refractivity contribution in [3.8, 4) is 22.8 Å². The molecule has 32 heavy (non-hydrogen) atoms. The Morgan fingerprint density at radius 2 is 2.03 bits per heavy atom. The largest absolute Gasteiger partial charge is 0.497 e. The van der Waals surface area contributed by atoms with E-state index in [2.05, 4.69) is 10.3 Å². The van der Waals surface area contributed by atoms with E-state index in [9.17, 15) is 14.0 Å². The third-order valence-corrected chi connectivity index (χ3v) is 6.06. The Kier molecular flexibility index (Phi) is 6.09. The number of nitrogens with zero attached hydrogens (tertiary/aromatic N) is 2. The summed E-state index contributed by atoms with van der Waals surface area (Å²) in [6.45, 7) is 1.89. The van der Waals surface area contributed by atoms with Gasteiger partial charge in [0.25, 0.3) is 0 Å². The Hall–Kier alpha value is -3.46. The van der Waals surface area contributed by atoms with Gasteiger partial charge in [-0.1, -0.05) is 6.07 Å². The van der Waals surface area contributed by atoms with Crippen molar-refractivity contribution >= 4 is 34.0 Å². The van der Waals surface area contributed by atoms with E-state index in [1.807, 2.05) is 6.07 Å². The molecule has 9 heteroatoms. The Labute approximate surface area is 188 Å². The second-order valence-electron chi connectivity index (χ2n) is 7.45. The van der Waals surface area contributed by atoms with Crippen LogP contribution < -0.4 is 19.7 Å². The number of aromatic nitrogens is 1. The summed E-state index contributed by atoms with van der Waals surface area (Å²) in [5.74, 6) is -0.391. The Morgan fingerprint density at radius 1 is 1.22 bits per heavy atom. The lowest BCUT2D eigenvalue weighted by Crippen LogP contribution is -2.28. The lowest BCUT2D eigenvalue weighted by atomic mass is 10.1. The molecule has 0 spiro atoms. The topological polar surface area (TPSA) is 80.8 Å². The molecule has 7 nitrogen and oxygen atoms in total. The molecular formula is C23H22FN3O4S. The van der Waals surface area contributed by atoms with Crippen LogP contribution in [0.2, 0.25) is 0 Å². The first-order valence-corrected chi connectivity index (χ1v) is 10.8. The Balaban J connectivity index is 1.48. The molecule has 2 amide bonds. The number of hydrogen-bond acceptors (Lipinski definition) is 6. The van der Waals surface area contributed by atoms with Crippen molar-refractivity contribution < 1.29 is 23.5 Å². The summed E-state index contributed by atoms with van der Waals surface area (Å²) >= 11 is 1.27. The second kappa shape index (κ2) is 8.96. The van der Waals surface area contributed by atoms with E-state index in [0.717, 1.165) is 11.1 Å². The summed E-state index contributed by atoms with van der Waals surface area (Å²) in [4.78, 5) is 31.0. The second-order valence-corrected chi connectivity index (χ2v) is 8.31. The zero-order valence-electron chi connectivity index (χ0n) is 17.8. The molecule has 166 valence electrons. The summed E-state index contributed by atoms with van der Waals surface area (Å²) in [6.07, 6.45) is 0.0150.